The summed E-state index contributed by atoms with van der Waals surface area (Å²) >= 11 is 2.99. The van der Waals surface area contributed by atoms with Crippen molar-refractivity contribution in [3.63, 3.8) is 0 Å². The molecular weight excluding hydrogens is 322 g/mol. The van der Waals surface area contributed by atoms with Crippen molar-refractivity contribution in [3.05, 3.63) is 34.6 Å². The van der Waals surface area contributed by atoms with E-state index in [9.17, 15) is 8.78 Å². The van der Waals surface area contributed by atoms with Gasteiger partial charge in [-0.1, -0.05) is 15.9 Å². The first-order valence-electron chi connectivity index (χ1n) is 5.09. The molecular formula is C11H9BrF2N4O. The summed E-state index contributed by atoms with van der Waals surface area (Å²) < 4.78 is 32.6. The Hall–Kier alpha value is -1.96. The average molecular weight is 331 g/mol. The Kier molecular flexibility index (Phi) is 3.79. The monoisotopic (exact) mass is 330 g/mol. The molecule has 19 heavy (non-hydrogen) atoms. The number of rotatable bonds is 3. The van der Waals surface area contributed by atoms with Gasteiger partial charge in [0.25, 0.3) is 0 Å². The minimum Gasteiger partial charge on any atom is -0.490 e. The standard InChI is InChI=1S/C11H9BrF2N4O/c1-19-9-10(15)16-4-17-11(9)18-8-6(13)2-5(12)3-7(8)14/h2-4H,1H3,(H3,15,16,17,18). The number of nitrogens with zero attached hydrogens (tertiary/aromatic N) is 2. The summed E-state index contributed by atoms with van der Waals surface area (Å²) in [6, 6.07) is 2.25. The van der Waals surface area contributed by atoms with Crippen LogP contribution in [0.5, 0.6) is 5.75 Å². The summed E-state index contributed by atoms with van der Waals surface area (Å²) in [6.45, 7) is 0. The molecule has 1 aromatic heterocycles. The lowest BCUT2D eigenvalue weighted by Gasteiger charge is -2.12. The predicted octanol–water partition coefficient (Wildman–Crippen LogP) is 2.85. The Balaban J connectivity index is 2.45. The fourth-order valence-electron chi connectivity index (χ4n) is 1.46. The van der Waals surface area contributed by atoms with Gasteiger partial charge in [-0.2, -0.15) is 0 Å². The fourth-order valence-corrected chi connectivity index (χ4v) is 1.86. The van der Waals surface area contributed by atoms with Crippen LogP contribution < -0.4 is 15.8 Å². The van der Waals surface area contributed by atoms with Crippen LogP contribution in [0.2, 0.25) is 0 Å². The summed E-state index contributed by atoms with van der Waals surface area (Å²) in [4.78, 5) is 7.56. The molecule has 8 heteroatoms. The van der Waals surface area contributed by atoms with Crippen molar-refractivity contribution in [2.75, 3.05) is 18.2 Å². The van der Waals surface area contributed by atoms with Crippen molar-refractivity contribution >= 4 is 33.3 Å². The molecule has 2 rings (SSSR count). The zero-order valence-corrected chi connectivity index (χ0v) is 11.3. The molecule has 0 amide bonds. The maximum absolute atomic E-state index is 13.7. The molecule has 100 valence electrons. The largest absolute Gasteiger partial charge is 0.490 e. The molecule has 0 saturated heterocycles. The zero-order valence-electron chi connectivity index (χ0n) is 9.75. The molecule has 0 aliphatic rings. The van der Waals surface area contributed by atoms with Crippen LogP contribution in [0, 0.1) is 11.6 Å². The first kappa shape index (κ1) is 13.5. The van der Waals surface area contributed by atoms with E-state index in [0.717, 1.165) is 18.5 Å². The molecule has 3 N–H and O–H groups in total. The molecule has 1 heterocycles. The lowest BCUT2D eigenvalue weighted by molar-refractivity contribution is 0.415. The fraction of sp³-hybridized carbons (Fsp3) is 0.0909. The summed E-state index contributed by atoms with van der Waals surface area (Å²) in [6.07, 6.45) is 1.16. The molecule has 0 bridgehead atoms. The number of halogens is 3. The first-order chi connectivity index (χ1) is 9.02. The van der Waals surface area contributed by atoms with E-state index in [1.165, 1.54) is 7.11 Å². The van der Waals surface area contributed by atoms with E-state index >= 15 is 0 Å². The highest BCUT2D eigenvalue weighted by Crippen LogP contribution is 2.32. The molecule has 0 saturated carbocycles. The average Bonchev–Trinajstić information content (AvgIpc) is 2.34. The molecule has 0 spiro atoms. The topological polar surface area (TPSA) is 73.1 Å². The van der Waals surface area contributed by atoms with Gasteiger partial charge in [-0.15, -0.1) is 0 Å². The number of hydrogen-bond donors (Lipinski definition) is 2. The maximum atomic E-state index is 13.7. The Labute approximate surface area is 115 Å². The van der Waals surface area contributed by atoms with Gasteiger partial charge in [-0.3, -0.25) is 0 Å². The van der Waals surface area contributed by atoms with Crippen molar-refractivity contribution < 1.29 is 13.5 Å². The second-order valence-corrected chi connectivity index (χ2v) is 4.43. The summed E-state index contributed by atoms with van der Waals surface area (Å²) in [5.74, 6) is -1.28. The number of benzene rings is 1. The van der Waals surface area contributed by atoms with Gasteiger partial charge in [0, 0.05) is 4.47 Å². The molecule has 0 radical (unpaired) electrons. The Morgan fingerprint density at radius 2 is 1.89 bits per heavy atom. The highest BCUT2D eigenvalue weighted by atomic mass is 79.9. The third kappa shape index (κ3) is 2.73. The van der Waals surface area contributed by atoms with E-state index in [1.54, 1.807) is 0 Å². The quantitative estimate of drug-likeness (QED) is 0.905. The summed E-state index contributed by atoms with van der Waals surface area (Å²) in [5, 5.41) is 2.50. The lowest BCUT2D eigenvalue weighted by atomic mass is 10.3. The van der Waals surface area contributed by atoms with Crippen LogP contribution in [0.3, 0.4) is 0 Å². The number of nitrogens with one attached hydrogen (secondary N) is 1. The number of aromatic nitrogens is 2. The van der Waals surface area contributed by atoms with E-state index in [0.29, 0.717) is 4.47 Å². The number of hydrogen-bond acceptors (Lipinski definition) is 5. The van der Waals surface area contributed by atoms with Gasteiger partial charge in [0.15, 0.2) is 23.3 Å². The van der Waals surface area contributed by atoms with E-state index in [-0.39, 0.29) is 23.1 Å². The van der Waals surface area contributed by atoms with Crippen molar-refractivity contribution in [2.45, 2.75) is 0 Å². The highest BCUT2D eigenvalue weighted by Gasteiger charge is 2.15. The van der Waals surface area contributed by atoms with Gasteiger partial charge in [0.2, 0.25) is 5.75 Å². The first-order valence-corrected chi connectivity index (χ1v) is 5.88. The molecule has 5 nitrogen and oxygen atoms in total. The van der Waals surface area contributed by atoms with Crippen LogP contribution in [-0.4, -0.2) is 17.1 Å². The van der Waals surface area contributed by atoms with Crippen LogP contribution in [0.1, 0.15) is 0 Å². The third-order valence-corrected chi connectivity index (χ3v) is 2.74. The molecule has 0 atom stereocenters. The maximum Gasteiger partial charge on any atom is 0.204 e. The third-order valence-electron chi connectivity index (χ3n) is 2.29. The number of nitrogen functional groups attached to an aromatic ring is 1. The number of anilines is 3. The van der Waals surface area contributed by atoms with Crippen LogP contribution in [0.25, 0.3) is 0 Å². The number of methoxy groups -OCH3 is 1. The predicted molar refractivity (Wildman–Crippen MR) is 70.3 cm³/mol. The molecule has 0 aliphatic heterocycles. The van der Waals surface area contributed by atoms with Gasteiger partial charge < -0.3 is 15.8 Å². The Morgan fingerprint density at radius 1 is 1.26 bits per heavy atom. The van der Waals surface area contributed by atoms with Gasteiger partial charge in [-0.25, -0.2) is 18.7 Å². The lowest BCUT2D eigenvalue weighted by Crippen LogP contribution is -2.05. The molecule has 0 aliphatic carbocycles. The smallest absolute Gasteiger partial charge is 0.204 e. The minimum atomic E-state index is -0.772. The number of ether oxygens (including phenoxy) is 1. The van der Waals surface area contributed by atoms with Crippen molar-refractivity contribution in [1.29, 1.82) is 0 Å². The van der Waals surface area contributed by atoms with Gasteiger partial charge in [0.1, 0.15) is 12.0 Å². The van der Waals surface area contributed by atoms with Crippen molar-refractivity contribution in [2.24, 2.45) is 0 Å². The Morgan fingerprint density at radius 3 is 2.47 bits per heavy atom. The normalized spacial score (nSPS) is 10.3. The van der Waals surface area contributed by atoms with Crippen LogP contribution in [0.4, 0.5) is 26.1 Å². The molecule has 2 aromatic rings. The molecule has 0 fully saturated rings. The second-order valence-electron chi connectivity index (χ2n) is 3.51. The minimum absolute atomic E-state index is 0.0675. The molecule has 0 unspecified atom stereocenters. The summed E-state index contributed by atoms with van der Waals surface area (Å²) in [7, 11) is 1.36. The van der Waals surface area contributed by atoms with Gasteiger partial charge >= 0.3 is 0 Å². The summed E-state index contributed by atoms with van der Waals surface area (Å²) in [5.41, 5.74) is 5.23. The molecule has 1 aromatic carbocycles. The van der Waals surface area contributed by atoms with E-state index in [2.05, 4.69) is 31.2 Å². The van der Waals surface area contributed by atoms with Crippen LogP contribution >= 0.6 is 15.9 Å². The SMILES string of the molecule is COc1c(N)ncnc1Nc1c(F)cc(Br)cc1F. The zero-order chi connectivity index (χ0) is 14.0. The van der Waals surface area contributed by atoms with Crippen LogP contribution in [-0.2, 0) is 0 Å². The van der Waals surface area contributed by atoms with Gasteiger partial charge in [-0.05, 0) is 12.1 Å². The van der Waals surface area contributed by atoms with E-state index in [1.807, 2.05) is 0 Å². The highest BCUT2D eigenvalue weighted by molar-refractivity contribution is 9.10. The van der Waals surface area contributed by atoms with E-state index in [4.69, 9.17) is 10.5 Å². The second kappa shape index (κ2) is 5.35. The van der Waals surface area contributed by atoms with E-state index < -0.39 is 11.6 Å². The van der Waals surface area contributed by atoms with Crippen LogP contribution in [0.15, 0.2) is 22.9 Å². The number of nitrogens with two attached hydrogens (primary N) is 1. The van der Waals surface area contributed by atoms with Crippen molar-refractivity contribution in [1.82, 2.24) is 9.97 Å². The van der Waals surface area contributed by atoms with Crippen molar-refractivity contribution in [3.8, 4) is 5.75 Å². The van der Waals surface area contributed by atoms with Gasteiger partial charge in [0.05, 0.1) is 7.11 Å². The Bertz CT molecular complexity index is 601.